The van der Waals surface area contributed by atoms with Gasteiger partial charge in [0, 0.05) is 5.56 Å². The van der Waals surface area contributed by atoms with Gasteiger partial charge in [0.2, 0.25) is 5.91 Å². The minimum absolute atomic E-state index is 0.0757. The second-order valence-corrected chi connectivity index (χ2v) is 4.28. The van der Waals surface area contributed by atoms with Crippen LogP contribution in [0.4, 0.5) is 14.5 Å². The SMILES string of the molecule is O=C(Cc1c(F)cccc1F)Nc1ccccc1C(=O)O. The maximum atomic E-state index is 13.4. The summed E-state index contributed by atoms with van der Waals surface area (Å²) in [6.07, 6.45) is -0.521. The minimum atomic E-state index is -1.21. The number of aromatic carboxylic acids is 1. The molecular weight excluding hydrogens is 280 g/mol. The number of benzene rings is 2. The summed E-state index contributed by atoms with van der Waals surface area (Å²) in [4.78, 5) is 22.8. The number of carbonyl (C=O) groups excluding carboxylic acids is 1. The molecule has 0 spiro atoms. The van der Waals surface area contributed by atoms with E-state index in [1.807, 2.05) is 0 Å². The van der Waals surface area contributed by atoms with E-state index >= 15 is 0 Å². The van der Waals surface area contributed by atoms with E-state index < -0.39 is 29.9 Å². The van der Waals surface area contributed by atoms with E-state index in [9.17, 15) is 18.4 Å². The van der Waals surface area contributed by atoms with E-state index in [0.29, 0.717) is 0 Å². The summed E-state index contributed by atoms with van der Waals surface area (Å²) in [7, 11) is 0. The first kappa shape index (κ1) is 14.6. The number of carbonyl (C=O) groups is 2. The Balaban J connectivity index is 2.18. The van der Waals surface area contributed by atoms with Crippen molar-refractivity contribution >= 4 is 17.6 Å². The zero-order valence-corrected chi connectivity index (χ0v) is 10.8. The predicted molar refractivity (Wildman–Crippen MR) is 72.1 cm³/mol. The van der Waals surface area contributed by atoms with Crippen LogP contribution >= 0.6 is 0 Å². The van der Waals surface area contributed by atoms with Crippen LogP contribution in [0.1, 0.15) is 15.9 Å². The molecule has 6 heteroatoms. The van der Waals surface area contributed by atoms with Gasteiger partial charge in [0.15, 0.2) is 0 Å². The van der Waals surface area contributed by atoms with Crippen molar-refractivity contribution in [2.75, 3.05) is 5.32 Å². The van der Waals surface area contributed by atoms with E-state index in [2.05, 4.69) is 5.32 Å². The smallest absolute Gasteiger partial charge is 0.337 e. The molecule has 0 aliphatic rings. The second kappa shape index (κ2) is 6.13. The van der Waals surface area contributed by atoms with Crippen LogP contribution in [-0.4, -0.2) is 17.0 Å². The summed E-state index contributed by atoms with van der Waals surface area (Å²) in [6.45, 7) is 0. The fraction of sp³-hybridized carbons (Fsp3) is 0.0667. The van der Waals surface area contributed by atoms with E-state index in [1.54, 1.807) is 6.07 Å². The predicted octanol–water partition coefficient (Wildman–Crippen LogP) is 2.84. The lowest BCUT2D eigenvalue weighted by Crippen LogP contribution is -2.18. The molecule has 2 rings (SSSR count). The number of anilines is 1. The molecule has 4 nitrogen and oxygen atoms in total. The molecule has 0 saturated heterocycles. The highest BCUT2D eigenvalue weighted by Gasteiger charge is 2.15. The molecule has 108 valence electrons. The highest BCUT2D eigenvalue weighted by molar-refractivity contribution is 6.01. The summed E-state index contributed by atoms with van der Waals surface area (Å²) in [5, 5.41) is 11.3. The number of amides is 1. The lowest BCUT2D eigenvalue weighted by Gasteiger charge is -2.09. The van der Waals surface area contributed by atoms with Crippen LogP contribution in [0.25, 0.3) is 0 Å². The number of hydrogen-bond acceptors (Lipinski definition) is 2. The van der Waals surface area contributed by atoms with Gasteiger partial charge in [-0.05, 0) is 24.3 Å². The Labute approximate surface area is 119 Å². The third-order valence-corrected chi connectivity index (χ3v) is 2.83. The minimum Gasteiger partial charge on any atom is -0.478 e. The number of carboxylic acids is 1. The zero-order chi connectivity index (χ0) is 15.4. The van der Waals surface area contributed by atoms with Gasteiger partial charge in [0.05, 0.1) is 17.7 Å². The van der Waals surface area contributed by atoms with E-state index in [-0.39, 0.29) is 16.8 Å². The van der Waals surface area contributed by atoms with Gasteiger partial charge in [-0.2, -0.15) is 0 Å². The Morgan fingerprint density at radius 1 is 1.00 bits per heavy atom. The van der Waals surface area contributed by atoms with Crippen LogP contribution in [0.3, 0.4) is 0 Å². The fourth-order valence-electron chi connectivity index (χ4n) is 1.83. The molecule has 0 atom stereocenters. The van der Waals surface area contributed by atoms with Gasteiger partial charge in [0.1, 0.15) is 11.6 Å². The third-order valence-electron chi connectivity index (χ3n) is 2.83. The lowest BCUT2D eigenvalue weighted by molar-refractivity contribution is -0.115. The van der Waals surface area contributed by atoms with Gasteiger partial charge >= 0.3 is 5.97 Å². The Morgan fingerprint density at radius 2 is 1.62 bits per heavy atom. The van der Waals surface area contributed by atoms with Gasteiger partial charge in [-0.25, -0.2) is 13.6 Å². The van der Waals surface area contributed by atoms with Crippen molar-refractivity contribution in [2.45, 2.75) is 6.42 Å². The molecule has 0 heterocycles. The average molecular weight is 291 g/mol. The first-order valence-corrected chi connectivity index (χ1v) is 6.04. The average Bonchev–Trinajstić information content (AvgIpc) is 2.43. The number of halogens is 2. The summed E-state index contributed by atoms with van der Waals surface area (Å²) in [5.74, 6) is -3.55. The van der Waals surface area contributed by atoms with Crippen LogP contribution in [0.2, 0.25) is 0 Å². The molecule has 0 aliphatic carbocycles. The largest absolute Gasteiger partial charge is 0.478 e. The van der Waals surface area contributed by atoms with Crippen molar-refractivity contribution in [1.82, 2.24) is 0 Å². The molecule has 2 aromatic rings. The summed E-state index contributed by atoms with van der Waals surface area (Å²) >= 11 is 0. The molecule has 0 aliphatic heterocycles. The topological polar surface area (TPSA) is 66.4 Å². The van der Waals surface area contributed by atoms with Crippen LogP contribution < -0.4 is 5.32 Å². The molecule has 0 radical (unpaired) electrons. The molecule has 1 amide bonds. The van der Waals surface area contributed by atoms with Gasteiger partial charge in [-0.1, -0.05) is 18.2 Å². The van der Waals surface area contributed by atoms with Crippen LogP contribution in [0, 0.1) is 11.6 Å². The molecule has 0 unspecified atom stereocenters. The summed E-state index contributed by atoms with van der Waals surface area (Å²) < 4.78 is 26.9. The van der Waals surface area contributed by atoms with Crippen molar-refractivity contribution in [3.8, 4) is 0 Å². The van der Waals surface area contributed by atoms with Gasteiger partial charge in [-0.3, -0.25) is 4.79 Å². The molecule has 0 bridgehead atoms. The molecule has 0 fully saturated rings. The highest BCUT2D eigenvalue weighted by atomic mass is 19.1. The molecule has 0 aromatic heterocycles. The normalized spacial score (nSPS) is 10.2. The van der Waals surface area contributed by atoms with Crippen molar-refractivity contribution in [2.24, 2.45) is 0 Å². The van der Waals surface area contributed by atoms with Crippen LogP contribution in [0.15, 0.2) is 42.5 Å². The van der Waals surface area contributed by atoms with Crippen molar-refractivity contribution in [3.05, 3.63) is 65.2 Å². The lowest BCUT2D eigenvalue weighted by atomic mass is 10.1. The highest BCUT2D eigenvalue weighted by Crippen LogP contribution is 2.17. The number of carboxylic acid groups (broad SMARTS) is 1. The molecule has 0 saturated carbocycles. The van der Waals surface area contributed by atoms with Crippen LogP contribution in [0.5, 0.6) is 0 Å². The van der Waals surface area contributed by atoms with Crippen molar-refractivity contribution in [3.63, 3.8) is 0 Å². The molecule has 21 heavy (non-hydrogen) atoms. The summed E-state index contributed by atoms with van der Waals surface area (Å²) in [5.41, 5.74) is -0.380. The molecule has 2 N–H and O–H groups in total. The third kappa shape index (κ3) is 3.42. The van der Waals surface area contributed by atoms with E-state index in [4.69, 9.17) is 5.11 Å². The van der Waals surface area contributed by atoms with Crippen molar-refractivity contribution < 1.29 is 23.5 Å². The number of hydrogen-bond donors (Lipinski definition) is 2. The van der Waals surface area contributed by atoms with Crippen LogP contribution in [-0.2, 0) is 11.2 Å². The monoisotopic (exact) mass is 291 g/mol. The standard InChI is InChI=1S/C15H11F2NO3/c16-11-5-3-6-12(17)10(11)8-14(19)18-13-7-2-1-4-9(13)15(20)21/h1-7H,8H2,(H,18,19)(H,20,21). The Bertz CT molecular complexity index is 681. The zero-order valence-electron chi connectivity index (χ0n) is 10.8. The number of para-hydroxylation sites is 1. The molecule has 2 aromatic carbocycles. The van der Waals surface area contributed by atoms with Gasteiger partial charge in [-0.15, -0.1) is 0 Å². The van der Waals surface area contributed by atoms with Gasteiger partial charge < -0.3 is 10.4 Å². The Kier molecular flexibility index (Phi) is 4.27. The quantitative estimate of drug-likeness (QED) is 0.910. The first-order chi connectivity index (χ1) is 9.99. The number of nitrogens with one attached hydrogen (secondary N) is 1. The maximum absolute atomic E-state index is 13.4. The Morgan fingerprint density at radius 3 is 2.24 bits per heavy atom. The fourth-order valence-corrected chi connectivity index (χ4v) is 1.83. The maximum Gasteiger partial charge on any atom is 0.337 e. The van der Waals surface area contributed by atoms with Gasteiger partial charge in [0.25, 0.3) is 0 Å². The van der Waals surface area contributed by atoms with E-state index in [1.165, 1.54) is 24.3 Å². The number of rotatable bonds is 4. The van der Waals surface area contributed by atoms with E-state index in [0.717, 1.165) is 12.1 Å². The Hall–Kier alpha value is -2.76. The summed E-state index contributed by atoms with van der Waals surface area (Å²) in [6, 6.07) is 9.08. The van der Waals surface area contributed by atoms with Crippen molar-refractivity contribution in [1.29, 1.82) is 0 Å². The molecular formula is C15H11F2NO3. The second-order valence-electron chi connectivity index (χ2n) is 4.28. The first-order valence-electron chi connectivity index (χ1n) is 6.04.